The topological polar surface area (TPSA) is 50.2 Å². The molecule has 1 N–H and O–H groups in total. The summed E-state index contributed by atoms with van der Waals surface area (Å²) in [7, 11) is 1.65. The van der Waals surface area contributed by atoms with E-state index in [1.165, 1.54) is 24.1 Å². The summed E-state index contributed by atoms with van der Waals surface area (Å²) in [5.41, 5.74) is 0.671. The Morgan fingerprint density at radius 1 is 1.55 bits per heavy atom. The number of hydrogen-bond donors (Lipinski definition) is 1. The Labute approximate surface area is 128 Å². The summed E-state index contributed by atoms with van der Waals surface area (Å²) < 4.78 is 1.89. The third-order valence-corrected chi connectivity index (χ3v) is 4.47. The van der Waals surface area contributed by atoms with Gasteiger partial charge in [0.1, 0.15) is 4.47 Å². The van der Waals surface area contributed by atoms with Gasteiger partial charge in [0.15, 0.2) is 0 Å². The largest absolute Gasteiger partial charge is 0.381 e. The third kappa shape index (κ3) is 3.61. The Bertz CT molecular complexity index is 514. The van der Waals surface area contributed by atoms with E-state index in [0.29, 0.717) is 16.4 Å². The quantitative estimate of drug-likeness (QED) is 0.889. The summed E-state index contributed by atoms with van der Waals surface area (Å²) in [6.45, 7) is 7.69. The van der Waals surface area contributed by atoms with Crippen LogP contribution in [0, 0.1) is 5.92 Å². The standard InChI is InChI=1S/C14H23BrN4O/c1-10(2)9-19-6-4-5-11(19)7-16-12-8-17-18(3)14(20)13(12)15/h8,10-11,16H,4-7,9H2,1-3H3/t11-/m0/s1. The molecule has 6 heteroatoms. The molecule has 1 aliphatic heterocycles. The van der Waals surface area contributed by atoms with Gasteiger partial charge in [-0.1, -0.05) is 13.8 Å². The number of halogens is 1. The molecule has 0 spiro atoms. The molecule has 2 heterocycles. The number of anilines is 1. The molecule has 20 heavy (non-hydrogen) atoms. The van der Waals surface area contributed by atoms with Crippen molar-refractivity contribution in [3.63, 3.8) is 0 Å². The zero-order valence-electron chi connectivity index (χ0n) is 12.4. The first kappa shape index (κ1) is 15.5. The van der Waals surface area contributed by atoms with Gasteiger partial charge in [-0.15, -0.1) is 0 Å². The van der Waals surface area contributed by atoms with Crippen LogP contribution in [-0.4, -0.2) is 40.4 Å². The molecule has 0 saturated carbocycles. The van der Waals surface area contributed by atoms with Crippen molar-refractivity contribution in [2.24, 2.45) is 13.0 Å². The van der Waals surface area contributed by atoms with Crippen molar-refractivity contribution < 1.29 is 0 Å². The SMILES string of the molecule is CC(C)CN1CCC[C@H]1CNc1cnn(C)c(=O)c1Br. The highest BCUT2D eigenvalue weighted by molar-refractivity contribution is 9.10. The Morgan fingerprint density at radius 3 is 3.00 bits per heavy atom. The van der Waals surface area contributed by atoms with Crippen molar-refractivity contribution >= 4 is 21.6 Å². The van der Waals surface area contributed by atoms with Crippen molar-refractivity contribution in [2.45, 2.75) is 32.7 Å². The van der Waals surface area contributed by atoms with Gasteiger partial charge in [-0.3, -0.25) is 9.69 Å². The maximum absolute atomic E-state index is 11.8. The van der Waals surface area contributed by atoms with E-state index in [2.05, 4.69) is 45.1 Å². The second-order valence-electron chi connectivity index (χ2n) is 5.87. The molecule has 1 aliphatic rings. The maximum Gasteiger partial charge on any atom is 0.282 e. The van der Waals surface area contributed by atoms with E-state index in [9.17, 15) is 4.79 Å². The van der Waals surface area contributed by atoms with Crippen LogP contribution in [0.15, 0.2) is 15.5 Å². The Morgan fingerprint density at radius 2 is 2.30 bits per heavy atom. The van der Waals surface area contributed by atoms with E-state index in [1.807, 2.05) is 0 Å². The molecule has 0 aliphatic carbocycles. The predicted molar refractivity (Wildman–Crippen MR) is 85.1 cm³/mol. The number of nitrogens with zero attached hydrogens (tertiary/aromatic N) is 3. The number of aromatic nitrogens is 2. The molecule has 112 valence electrons. The Balaban J connectivity index is 1.98. The van der Waals surface area contributed by atoms with Gasteiger partial charge in [0.25, 0.3) is 5.56 Å². The molecule has 1 saturated heterocycles. The van der Waals surface area contributed by atoms with Gasteiger partial charge in [0.2, 0.25) is 0 Å². The normalized spacial score (nSPS) is 19.8. The maximum atomic E-state index is 11.8. The van der Waals surface area contributed by atoms with Crippen molar-refractivity contribution in [2.75, 3.05) is 25.0 Å². The minimum absolute atomic E-state index is 0.111. The first-order valence-corrected chi connectivity index (χ1v) is 7.98. The average Bonchev–Trinajstić information content (AvgIpc) is 2.82. The molecule has 0 aromatic carbocycles. The van der Waals surface area contributed by atoms with Crippen LogP contribution in [0.3, 0.4) is 0 Å². The third-order valence-electron chi connectivity index (χ3n) is 3.71. The van der Waals surface area contributed by atoms with Crippen molar-refractivity contribution in [3.05, 3.63) is 21.0 Å². The van der Waals surface area contributed by atoms with Crippen molar-refractivity contribution in [1.29, 1.82) is 0 Å². The lowest BCUT2D eigenvalue weighted by Gasteiger charge is -2.26. The van der Waals surface area contributed by atoms with Gasteiger partial charge in [0.05, 0.1) is 11.9 Å². The van der Waals surface area contributed by atoms with Crippen LogP contribution in [0.4, 0.5) is 5.69 Å². The van der Waals surface area contributed by atoms with Gasteiger partial charge in [-0.05, 0) is 41.2 Å². The van der Waals surface area contributed by atoms with Gasteiger partial charge < -0.3 is 5.32 Å². The number of aryl methyl sites for hydroxylation is 1. The molecule has 0 amide bonds. The van der Waals surface area contributed by atoms with Crippen LogP contribution in [0.5, 0.6) is 0 Å². The highest BCUT2D eigenvalue weighted by atomic mass is 79.9. The summed E-state index contributed by atoms with van der Waals surface area (Å²) in [4.78, 5) is 14.3. The first-order chi connectivity index (χ1) is 9.49. The predicted octanol–water partition coefficient (Wildman–Crippen LogP) is 2.08. The molecule has 1 aromatic heterocycles. The molecule has 5 nitrogen and oxygen atoms in total. The van der Waals surface area contributed by atoms with E-state index in [4.69, 9.17) is 0 Å². The smallest absolute Gasteiger partial charge is 0.282 e. The van der Waals surface area contributed by atoms with Gasteiger partial charge >= 0.3 is 0 Å². The molecule has 0 unspecified atom stereocenters. The number of rotatable bonds is 5. The van der Waals surface area contributed by atoms with E-state index >= 15 is 0 Å². The lowest BCUT2D eigenvalue weighted by atomic mass is 10.1. The van der Waals surface area contributed by atoms with Crippen LogP contribution < -0.4 is 10.9 Å². The lowest BCUT2D eigenvalue weighted by molar-refractivity contribution is 0.234. The Kier molecular flexibility index (Phi) is 5.21. The van der Waals surface area contributed by atoms with Gasteiger partial charge in [-0.2, -0.15) is 5.10 Å². The molecule has 0 radical (unpaired) electrons. The molecule has 0 bridgehead atoms. The van der Waals surface area contributed by atoms with Crippen LogP contribution in [-0.2, 0) is 7.05 Å². The summed E-state index contributed by atoms with van der Waals surface area (Å²) in [5.74, 6) is 0.688. The van der Waals surface area contributed by atoms with E-state index in [1.54, 1.807) is 13.2 Å². The van der Waals surface area contributed by atoms with Crippen LogP contribution in [0.25, 0.3) is 0 Å². The first-order valence-electron chi connectivity index (χ1n) is 7.18. The van der Waals surface area contributed by atoms with Crippen molar-refractivity contribution in [3.8, 4) is 0 Å². The second kappa shape index (κ2) is 6.72. The number of nitrogens with one attached hydrogen (secondary N) is 1. The van der Waals surface area contributed by atoms with Crippen LogP contribution in [0.1, 0.15) is 26.7 Å². The molecule has 1 aromatic rings. The second-order valence-corrected chi connectivity index (χ2v) is 6.66. The highest BCUT2D eigenvalue weighted by Crippen LogP contribution is 2.21. The molecule has 2 rings (SSSR count). The Hall–Kier alpha value is -0.880. The summed E-state index contributed by atoms with van der Waals surface area (Å²) >= 11 is 3.35. The molecular formula is C14H23BrN4O. The molecule has 1 fully saturated rings. The summed E-state index contributed by atoms with van der Waals surface area (Å²) in [6, 6.07) is 0.549. The zero-order valence-corrected chi connectivity index (χ0v) is 14.0. The fourth-order valence-electron chi connectivity index (χ4n) is 2.70. The zero-order chi connectivity index (χ0) is 14.7. The van der Waals surface area contributed by atoms with Crippen LogP contribution in [0.2, 0.25) is 0 Å². The van der Waals surface area contributed by atoms with E-state index in [0.717, 1.165) is 18.8 Å². The molecular weight excluding hydrogens is 320 g/mol. The fraction of sp³-hybridized carbons (Fsp3) is 0.714. The lowest BCUT2D eigenvalue weighted by Crippen LogP contribution is -2.37. The summed E-state index contributed by atoms with van der Waals surface area (Å²) in [5, 5.41) is 7.41. The minimum Gasteiger partial charge on any atom is -0.381 e. The van der Waals surface area contributed by atoms with Gasteiger partial charge in [0, 0.05) is 26.2 Å². The highest BCUT2D eigenvalue weighted by Gasteiger charge is 2.24. The summed E-state index contributed by atoms with van der Waals surface area (Å²) in [6.07, 6.45) is 4.18. The van der Waals surface area contributed by atoms with E-state index < -0.39 is 0 Å². The molecule has 1 atom stereocenters. The number of hydrogen-bond acceptors (Lipinski definition) is 4. The van der Waals surface area contributed by atoms with E-state index in [-0.39, 0.29) is 5.56 Å². The minimum atomic E-state index is -0.111. The van der Waals surface area contributed by atoms with Crippen LogP contribution >= 0.6 is 15.9 Å². The average molecular weight is 343 g/mol. The van der Waals surface area contributed by atoms with Gasteiger partial charge in [-0.25, -0.2) is 4.68 Å². The number of likely N-dealkylation sites (tertiary alicyclic amines) is 1. The van der Waals surface area contributed by atoms with Crippen molar-refractivity contribution in [1.82, 2.24) is 14.7 Å². The fourth-order valence-corrected chi connectivity index (χ4v) is 3.20. The monoisotopic (exact) mass is 342 g/mol.